The first kappa shape index (κ1) is 25.6. The van der Waals surface area contributed by atoms with Gasteiger partial charge in [0, 0.05) is 50.5 Å². The molecule has 1 saturated heterocycles. The number of hydrogen-bond donors (Lipinski definition) is 4. The van der Waals surface area contributed by atoms with Crippen LogP contribution in [0.3, 0.4) is 0 Å². The van der Waals surface area contributed by atoms with Gasteiger partial charge in [0.05, 0.1) is 11.4 Å². The third kappa shape index (κ3) is 6.01. The van der Waals surface area contributed by atoms with Crippen LogP contribution >= 0.6 is 0 Å². The Kier molecular flexibility index (Phi) is 7.87. The van der Waals surface area contributed by atoms with Gasteiger partial charge in [0.1, 0.15) is 6.04 Å². The predicted octanol–water partition coefficient (Wildman–Crippen LogP) is -0.358. The number of carbonyl (C=O) groups excluding carboxylic acids is 2. The fourth-order valence-corrected chi connectivity index (χ4v) is 5.47. The van der Waals surface area contributed by atoms with Gasteiger partial charge in [-0.25, -0.2) is 8.42 Å². The molecule has 36 heavy (non-hydrogen) atoms. The van der Waals surface area contributed by atoms with Crippen molar-refractivity contribution in [1.82, 2.24) is 20.3 Å². The van der Waals surface area contributed by atoms with Crippen molar-refractivity contribution < 1.29 is 27.9 Å². The third-order valence-electron chi connectivity index (χ3n) is 6.23. The SMILES string of the molecule is O=C(CN1CCc2ccc(N3CCNCC3)cc2C1=O)NC[C@H](NS(=O)(=O)c1ccccc1)C(=O)O. The summed E-state index contributed by atoms with van der Waals surface area (Å²) in [6.07, 6.45) is 0.602. The highest BCUT2D eigenvalue weighted by atomic mass is 32.2. The largest absolute Gasteiger partial charge is 0.480 e. The van der Waals surface area contributed by atoms with Gasteiger partial charge in [0.15, 0.2) is 0 Å². The standard InChI is InChI=1S/C24H29N5O6S/c30-22(26-15-21(24(32)33)27-36(34,35)19-4-2-1-3-5-19)16-29-11-8-17-6-7-18(14-20(17)23(29)31)28-12-9-25-10-13-28/h1-7,14,21,25,27H,8-13,15-16H2,(H,26,30)(H,32,33)/t21-/m0/s1. The minimum Gasteiger partial charge on any atom is -0.480 e. The lowest BCUT2D eigenvalue weighted by Crippen LogP contribution is -2.50. The summed E-state index contributed by atoms with van der Waals surface area (Å²) < 4.78 is 27.0. The van der Waals surface area contributed by atoms with Gasteiger partial charge in [-0.2, -0.15) is 4.72 Å². The Morgan fingerprint density at radius 3 is 2.47 bits per heavy atom. The predicted molar refractivity (Wildman–Crippen MR) is 132 cm³/mol. The molecule has 2 amide bonds. The molecule has 4 rings (SSSR count). The van der Waals surface area contributed by atoms with E-state index in [1.165, 1.54) is 29.2 Å². The highest BCUT2D eigenvalue weighted by Crippen LogP contribution is 2.25. The molecule has 1 atom stereocenters. The van der Waals surface area contributed by atoms with Crippen LogP contribution in [0.15, 0.2) is 53.4 Å². The number of benzene rings is 2. The summed E-state index contributed by atoms with van der Waals surface area (Å²) in [5, 5.41) is 15.2. The van der Waals surface area contributed by atoms with Gasteiger partial charge in [0.25, 0.3) is 5.91 Å². The van der Waals surface area contributed by atoms with Gasteiger partial charge < -0.3 is 25.5 Å². The summed E-state index contributed by atoms with van der Waals surface area (Å²) in [4.78, 5) is 40.8. The summed E-state index contributed by atoms with van der Waals surface area (Å²) in [5.74, 6) is -2.27. The number of carboxylic acid groups (broad SMARTS) is 1. The van der Waals surface area contributed by atoms with Crippen LogP contribution in [0.25, 0.3) is 0 Å². The maximum Gasteiger partial charge on any atom is 0.323 e. The summed E-state index contributed by atoms with van der Waals surface area (Å²) >= 11 is 0. The van der Waals surface area contributed by atoms with Gasteiger partial charge >= 0.3 is 5.97 Å². The zero-order chi connectivity index (χ0) is 25.7. The average Bonchev–Trinajstić information content (AvgIpc) is 2.89. The molecule has 12 heteroatoms. The molecular weight excluding hydrogens is 486 g/mol. The van der Waals surface area contributed by atoms with E-state index in [4.69, 9.17) is 0 Å². The molecule has 0 radical (unpaired) electrons. The van der Waals surface area contributed by atoms with E-state index in [9.17, 15) is 27.9 Å². The van der Waals surface area contributed by atoms with E-state index < -0.39 is 34.5 Å². The second kappa shape index (κ2) is 11.1. The molecule has 2 aliphatic heterocycles. The number of carboxylic acids is 1. The van der Waals surface area contributed by atoms with Gasteiger partial charge in [0.2, 0.25) is 15.9 Å². The number of aliphatic carboxylic acids is 1. The first-order valence-corrected chi connectivity index (χ1v) is 13.2. The number of nitrogens with zero attached hydrogens (tertiary/aromatic N) is 2. The fraction of sp³-hybridized carbons (Fsp3) is 0.375. The number of amides is 2. The molecule has 0 aromatic heterocycles. The van der Waals surface area contributed by atoms with Crippen molar-refractivity contribution in [3.63, 3.8) is 0 Å². The molecule has 0 saturated carbocycles. The molecule has 2 aromatic carbocycles. The Morgan fingerprint density at radius 2 is 1.78 bits per heavy atom. The van der Waals surface area contributed by atoms with E-state index in [0.29, 0.717) is 18.5 Å². The summed E-state index contributed by atoms with van der Waals surface area (Å²) in [7, 11) is -4.09. The Labute approximate surface area is 209 Å². The van der Waals surface area contributed by atoms with Crippen molar-refractivity contribution in [1.29, 1.82) is 0 Å². The Balaban J connectivity index is 1.36. The zero-order valence-corrected chi connectivity index (χ0v) is 20.5. The topological polar surface area (TPSA) is 148 Å². The Hall–Kier alpha value is -3.48. The first-order chi connectivity index (χ1) is 17.2. The molecule has 2 aromatic rings. The highest BCUT2D eigenvalue weighted by Gasteiger charge is 2.29. The number of piperazine rings is 1. The number of sulfonamides is 1. The quantitative estimate of drug-likeness (QED) is 0.354. The molecule has 0 aliphatic carbocycles. The molecule has 11 nitrogen and oxygen atoms in total. The van der Waals surface area contributed by atoms with Gasteiger partial charge in [-0.3, -0.25) is 14.4 Å². The number of fused-ring (bicyclic) bond motifs is 1. The Bertz CT molecular complexity index is 1230. The van der Waals surface area contributed by atoms with Crippen molar-refractivity contribution in [2.24, 2.45) is 0 Å². The lowest BCUT2D eigenvalue weighted by molar-refractivity contribution is -0.138. The van der Waals surface area contributed by atoms with Crippen molar-refractivity contribution in [3.8, 4) is 0 Å². The molecule has 0 unspecified atom stereocenters. The van der Waals surface area contributed by atoms with Crippen LogP contribution in [-0.4, -0.2) is 88.1 Å². The smallest absolute Gasteiger partial charge is 0.323 e. The van der Waals surface area contributed by atoms with Crippen LogP contribution in [0.4, 0.5) is 5.69 Å². The summed E-state index contributed by atoms with van der Waals surface area (Å²) in [6.45, 7) is 3.07. The van der Waals surface area contributed by atoms with E-state index in [1.807, 2.05) is 18.2 Å². The van der Waals surface area contributed by atoms with E-state index in [0.717, 1.165) is 37.4 Å². The van der Waals surface area contributed by atoms with E-state index >= 15 is 0 Å². The normalized spacial score (nSPS) is 16.8. The molecule has 1 fully saturated rings. The van der Waals surface area contributed by atoms with E-state index in [-0.39, 0.29) is 17.3 Å². The molecule has 2 heterocycles. The molecule has 0 bridgehead atoms. The van der Waals surface area contributed by atoms with Gasteiger partial charge in [-0.05, 0) is 36.2 Å². The van der Waals surface area contributed by atoms with Crippen LogP contribution in [0, 0.1) is 0 Å². The summed E-state index contributed by atoms with van der Waals surface area (Å²) in [6, 6.07) is 11.6. The molecule has 0 spiro atoms. The van der Waals surface area contributed by atoms with Gasteiger partial charge in [-0.15, -0.1) is 0 Å². The highest BCUT2D eigenvalue weighted by molar-refractivity contribution is 7.89. The second-order valence-electron chi connectivity index (χ2n) is 8.68. The molecular formula is C24H29N5O6S. The number of carbonyl (C=O) groups is 3. The Morgan fingerprint density at radius 1 is 1.06 bits per heavy atom. The van der Waals surface area contributed by atoms with E-state index in [2.05, 4.69) is 20.3 Å². The fourth-order valence-electron chi connectivity index (χ4n) is 4.26. The van der Waals surface area contributed by atoms with Crippen molar-refractivity contribution in [2.75, 3.05) is 50.7 Å². The monoisotopic (exact) mass is 515 g/mol. The van der Waals surface area contributed by atoms with E-state index in [1.54, 1.807) is 6.07 Å². The second-order valence-corrected chi connectivity index (χ2v) is 10.4. The lowest BCUT2D eigenvalue weighted by Gasteiger charge is -2.32. The summed E-state index contributed by atoms with van der Waals surface area (Å²) in [5.41, 5.74) is 2.45. The molecule has 2 aliphatic rings. The number of hydrogen-bond acceptors (Lipinski definition) is 7. The lowest BCUT2D eigenvalue weighted by atomic mass is 9.98. The third-order valence-corrected chi connectivity index (χ3v) is 7.72. The molecule has 4 N–H and O–H groups in total. The molecule has 192 valence electrons. The number of nitrogens with one attached hydrogen (secondary N) is 3. The minimum absolute atomic E-state index is 0.0830. The van der Waals surface area contributed by atoms with Crippen LogP contribution in [0.1, 0.15) is 15.9 Å². The van der Waals surface area contributed by atoms with Crippen LogP contribution in [-0.2, 0) is 26.0 Å². The maximum atomic E-state index is 13.1. The average molecular weight is 516 g/mol. The van der Waals surface area contributed by atoms with Crippen molar-refractivity contribution >= 4 is 33.5 Å². The van der Waals surface area contributed by atoms with Crippen molar-refractivity contribution in [2.45, 2.75) is 17.4 Å². The van der Waals surface area contributed by atoms with Crippen LogP contribution in [0.2, 0.25) is 0 Å². The van der Waals surface area contributed by atoms with Crippen molar-refractivity contribution in [3.05, 3.63) is 59.7 Å². The van der Waals surface area contributed by atoms with Crippen LogP contribution < -0.4 is 20.3 Å². The first-order valence-electron chi connectivity index (χ1n) is 11.7. The zero-order valence-electron chi connectivity index (χ0n) is 19.6. The number of rotatable bonds is 9. The maximum absolute atomic E-state index is 13.1. The minimum atomic E-state index is -4.09. The number of anilines is 1. The van der Waals surface area contributed by atoms with Crippen LogP contribution in [0.5, 0.6) is 0 Å². The van der Waals surface area contributed by atoms with Gasteiger partial charge in [-0.1, -0.05) is 24.3 Å².